The quantitative estimate of drug-likeness (QED) is 0.759. The summed E-state index contributed by atoms with van der Waals surface area (Å²) in [5, 5.41) is 6.34. The normalized spacial score (nSPS) is 21.0. The highest BCUT2D eigenvalue weighted by atomic mass is 35.5. The van der Waals surface area contributed by atoms with Crippen LogP contribution in [0.25, 0.3) is 10.8 Å². The molecular weight excluding hydrogens is 354 g/mol. The molecular formula is C16H17ClF2N4S. The van der Waals surface area contributed by atoms with Gasteiger partial charge in [0.1, 0.15) is 11.0 Å². The van der Waals surface area contributed by atoms with Gasteiger partial charge in [-0.25, -0.2) is 23.7 Å². The molecule has 0 bridgehead atoms. The molecule has 0 aromatic carbocycles. The van der Waals surface area contributed by atoms with Gasteiger partial charge in [-0.05, 0) is 25.7 Å². The second kappa shape index (κ2) is 6.19. The van der Waals surface area contributed by atoms with Gasteiger partial charge in [0.25, 0.3) is 0 Å². The van der Waals surface area contributed by atoms with E-state index in [-0.39, 0.29) is 18.9 Å². The Morgan fingerprint density at radius 2 is 1.88 bits per heavy atom. The molecule has 0 unspecified atom stereocenters. The van der Waals surface area contributed by atoms with Crippen molar-refractivity contribution in [3.8, 4) is 10.8 Å². The molecule has 2 aromatic heterocycles. The fraction of sp³-hybridized carbons (Fsp3) is 0.562. The first-order chi connectivity index (χ1) is 11.5. The van der Waals surface area contributed by atoms with Crippen molar-refractivity contribution < 1.29 is 8.78 Å². The molecule has 0 radical (unpaired) electrons. The third-order valence-corrected chi connectivity index (χ3v) is 5.52. The summed E-state index contributed by atoms with van der Waals surface area (Å²) in [6.07, 6.45) is 3.05. The summed E-state index contributed by atoms with van der Waals surface area (Å²) >= 11 is 7.62. The molecule has 4 rings (SSSR count). The number of hydrogen-bond donors (Lipinski definition) is 1. The van der Waals surface area contributed by atoms with E-state index in [9.17, 15) is 8.78 Å². The van der Waals surface area contributed by atoms with Crippen LogP contribution < -0.4 is 5.32 Å². The molecule has 2 heterocycles. The molecule has 128 valence electrons. The van der Waals surface area contributed by atoms with Gasteiger partial charge in [0, 0.05) is 36.2 Å². The van der Waals surface area contributed by atoms with Crippen molar-refractivity contribution in [1.82, 2.24) is 15.0 Å². The van der Waals surface area contributed by atoms with E-state index in [0.717, 1.165) is 10.7 Å². The van der Waals surface area contributed by atoms with Crippen LogP contribution in [0.1, 0.15) is 50.1 Å². The molecule has 1 N–H and O–H groups in total. The zero-order chi connectivity index (χ0) is 16.7. The summed E-state index contributed by atoms with van der Waals surface area (Å²) in [5.74, 6) is -0.894. The first-order valence-electron chi connectivity index (χ1n) is 8.13. The first-order valence-corrected chi connectivity index (χ1v) is 9.39. The summed E-state index contributed by atoms with van der Waals surface area (Å²) in [6, 6.07) is 1.62. The van der Waals surface area contributed by atoms with Crippen molar-refractivity contribution in [2.75, 3.05) is 5.32 Å². The molecule has 2 aliphatic carbocycles. The number of nitrogens with one attached hydrogen (secondary N) is 1. The lowest BCUT2D eigenvalue weighted by atomic mass is 9.92. The van der Waals surface area contributed by atoms with E-state index in [1.54, 1.807) is 6.07 Å². The Balaban J connectivity index is 1.50. The molecule has 24 heavy (non-hydrogen) atoms. The lowest BCUT2D eigenvalue weighted by molar-refractivity contribution is -0.0361. The summed E-state index contributed by atoms with van der Waals surface area (Å²) in [6.45, 7) is 0. The van der Waals surface area contributed by atoms with E-state index in [2.05, 4.69) is 20.3 Å². The zero-order valence-corrected chi connectivity index (χ0v) is 14.5. The highest BCUT2D eigenvalue weighted by molar-refractivity contribution is 7.13. The van der Waals surface area contributed by atoms with Crippen LogP contribution >= 0.6 is 22.9 Å². The van der Waals surface area contributed by atoms with E-state index < -0.39 is 5.92 Å². The van der Waals surface area contributed by atoms with E-state index in [1.165, 1.54) is 24.2 Å². The van der Waals surface area contributed by atoms with Crippen molar-refractivity contribution in [3.63, 3.8) is 0 Å². The molecule has 0 atom stereocenters. The molecule has 2 fully saturated rings. The van der Waals surface area contributed by atoms with E-state index >= 15 is 0 Å². The van der Waals surface area contributed by atoms with Crippen LogP contribution in [0.3, 0.4) is 0 Å². The van der Waals surface area contributed by atoms with E-state index in [4.69, 9.17) is 11.6 Å². The number of anilines is 1. The Morgan fingerprint density at radius 3 is 2.58 bits per heavy atom. The predicted molar refractivity (Wildman–Crippen MR) is 91.0 cm³/mol. The van der Waals surface area contributed by atoms with Gasteiger partial charge in [0.05, 0.1) is 5.69 Å². The zero-order valence-electron chi connectivity index (χ0n) is 12.9. The maximum absolute atomic E-state index is 13.3. The van der Waals surface area contributed by atoms with Crippen LogP contribution in [0.2, 0.25) is 5.15 Å². The van der Waals surface area contributed by atoms with Crippen LogP contribution in [-0.4, -0.2) is 26.9 Å². The molecule has 2 aromatic rings. The SMILES string of the molecule is FC1(F)CCC(Nc2cc(Cl)nc(-c3nc(C4CC4)cs3)n2)CC1. The van der Waals surface area contributed by atoms with Gasteiger partial charge in [-0.1, -0.05) is 11.6 Å². The van der Waals surface area contributed by atoms with E-state index in [1.807, 2.05) is 5.38 Å². The molecule has 2 saturated carbocycles. The Morgan fingerprint density at radius 1 is 1.12 bits per heavy atom. The van der Waals surface area contributed by atoms with Gasteiger partial charge < -0.3 is 5.32 Å². The standard InChI is InChI=1S/C16H17ClF2N4S/c17-12-7-13(20-10-3-5-16(18,19)6-4-10)23-14(22-12)15-21-11(8-24-15)9-1-2-9/h7-10H,1-6H2,(H,20,22,23). The number of hydrogen-bond acceptors (Lipinski definition) is 5. The fourth-order valence-electron chi connectivity index (χ4n) is 2.94. The summed E-state index contributed by atoms with van der Waals surface area (Å²) in [5.41, 5.74) is 1.10. The smallest absolute Gasteiger partial charge is 0.248 e. The van der Waals surface area contributed by atoms with Crippen LogP contribution in [0.4, 0.5) is 14.6 Å². The predicted octanol–water partition coefficient (Wildman–Crippen LogP) is 5.12. The van der Waals surface area contributed by atoms with Crippen LogP contribution in [0.5, 0.6) is 0 Å². The molecule has 0 aliphatic heterocycles. The van der Waals surface area contributed by atoms with Crippen molar-refractivity contribution >= 4 is 28.8 Å². The minimum absolute atomic E-state index is 0.0123. The topological polar surface area (TPSA) is 50.7 Å². The third-order valence-electron chi connectivity index (χ3n) is 4.47. The van der Waals surface area contributed by atoms with Gasteiger partial charge in [0.2, 0.25) is 5.92 Å². The molecule has 2 aliphatic rings. The van der Waals surface area contributed by atoms with Crippen molar-refractivity contribution in [1.29, 1.82) is 0 Å². The summed E-state index contributed by atoms with van der Waals surface area (Å²) in [4.78, 5) is 13.3. The van der Waals surface area contributed by atoms with Gasteiger partial charge in [-0.2, -0.15) is 0 Å². The number of halogens is 3. The van der Waals surface area contributed by atoms with Gasteiger partial charge in [-0.15, -0.1) is 11.3 Å². The molecule has 0 spiro atoms. The first kappa shape index (κ1) is 16.1. The van der Waals surface area contributed by atoms with Crippen LogP contribution in [-0.2, 0) is 0 Å². The average Bonchev–Trinajstić information content (AvgIpc) is 3.26. The maximum atomic E-state index is 13.3. The number of aromatic nitrogens is 3. The Hall–Kier alpha value is -1.34. The summed E-state index contributed by atoms with van der Waals surface area (Å²) in [7, 11) is 0. The van der Waals surface area contributed by atoms with Crippen molar-refractivity contribution in [2.24, 2.45) is 0 Å². The van der Waals surface area contributed by atoms with Crippen molar-refractivity contribution in [2.45, 2.75) is 56.4 Å². The molecule has 0 amide bonds. The van der Waals surface area contributed by atoms with Crippen LogP contribution in [0.15, 0.2) is 11.4 Å². The molecule has 0 saturated heterocycles. The molecule has 8 heteroatoms. The Kier molecular flexibility index (Phi) is 4.16. The fourth-order valence-corrected chi connectivity index (χ4v) is 3.95. The van der Waals surface area contributed by atoms with Crippen LogP contribution in [0, 0.1) is 0 Å². The largest absolute Gasteiger partial charge is 0.367 e. The Labute approximate surface area is 147 Å². The molecule has 4 nitrogen and oxygen atoms in total. The second-order valence-corrected chi connectivity index (χ2v) is 7.77. The average molecular weight is 371 g/mol. The number of rotatable bonds is 4. The number of nitrogens with zero attached hydrogens (tertiary/aromatic N) is 3. The minimum Gasteiger partial charge on any atom is -0.367 e. The highest BCUT2D eigenvalue weighted by Gasteiger charge is 2.35. The van der Waals surface area contributed by atoms with Gasteiger partial charge >= 0.3 is 0 Å². The highest BCUT2D eigenvalue weighted by Crippen LogP contribution is 2.41. The second-order valence-electron chi connectivity index (χ2n) is 6.53. The Bertz CT molecular complexity index is 737. The lowest BCUT2D eigenvalue weighted by Crippen LogP contribution is -2.32. The number of thiazole rings is 1. The third kappa shape index (κ3) is 3.67. The van der Waals surface area contributed by atoms with Gasteiger partial charge in [-0.3, -0.25) is 0 Å². The minimum atomic E-state index is -2.53. The number of alkyl halides is 2. The summed E-state index contributed by atoms with van der Waals surface area (Å²) < 4.78 is 26.5. The van der Waals surface area contributed by atoms with Crippen molar-refractivity contribution in [3.05, 3.63) is 22.3 Å². The monoisotopic (exact) mass is 370 g/mol. The van der Waals surface area contributed by atoms with Gasteiger partial charge in [0.15, 0.2) is 10.8 Å². The lowest BCUT2D eigenvalue weighted by Gasteiger charge is -2.29. The van der Waals surface area contributed by atoms with E-state index in [0.29, 0.717) is 35.6 Å². The maximum Gasteiger partial charge on any atom is 0.248 e.